The van der Waals surface area contributed by atoms with E-state index in [2.05, 4.69) is 21.2 Å². The predicted octanol–water partition coefficient (Wildman–Crippen LogP) is 1.99. The molecule has 5 nitrogen and oxygen atoms in total. The molecule has 0 amide bonds. The maximum atomic E-state index is 11.2. The zero-order valence-corrected chi connectivity index (χ0v) is 12.4. The fourth-order valence-electron chi connectivity index (χ4n) is 1.62. The van der Waals surface area contributed by atoms with Crippen molar-refractivity contribution in [3.63, 3.8) is 0 Å². The SMILES string of the molecule is CC(CS(C)(=O)=O)Nc1cccc(Br)c1C(=O)O. The van der Waals surface area contributed by atoms with E-state index in [1.54, 1.807) is 25.1 Å². The number of carboxylic acid groups (broad SMARTS) is 1. The number of anilines is 1. The summed E-state index contributed by atoms with van der Waals surface area (Å²) >= 11 is 3.16. The van der Waals surface area contributed by atoms with Crippen molar-refractivity contribution < 1.29 is 18.3 Å². The summed E-state index contributed by atoms with van der Waals surface area (Å²) in [5.41, 5.74) is 0.492. The van der Waals surface area contributed by atoms with Crippen molar-refractivity contribution in [1.29, 1.82) is 0 Å². The van der Waals surface area contributed by atoms with Gasteiger partial charge in [-0.2, -0.15) is 0 Å². The first-order valence-corrected chi connectivity index (χ1v) is 8.02. The van der Waals surface area contributed by atoms with Crippen LogP contribution < -0.4 is 5.32 Å². The Hall–Kier alpha value is -1.08. The molecule has 1 atom stereocenters. The molecule has 1 aromatic carbocycles. The molecule has 1 rings (SSSR count). The summed E-state index contributed by atoms with van der Waals surface area (Å²) in [5, 5.41) is 12.0. The Balaban J connectivity index is 2.98. The van der Waals surface area contributed by atoms with Crippen LogP contribution in [-0.2, 0) is 9.84 Å². The molecule has 2 N–H and O–H groups in total. The van der Waals surface area contributed by atoms with Crippen molar-refractivity contribution in [3.8, 4) is 0 Å². The van der Waals surface area contributed by atoms with Gasteiger partial charge in [0.25, 0.3) is 0 Å². The average molecular weight is 336 g/mol. The van der Waals surface area contributed by atoms with E-state index in [-0.39, 0.29) is 17.4 Å². The zero-order valence-electron chi connectivity index (χ0n) is 9.97. The predicted molar refractivity (Wildman–Crippen MR) is 73.9 cm³/mol. The molecular formula is C11H14BrNO4S. The summed E-state index contributed by atoms with van der Waals surface area (Å²) in [6.45, 7) is 1.69. The van der Waals surface area contributed by atoms with Gasteiger partial charge in [0, 0.05) is 16.8 Å². The fraction of sp³-hybridized carbons (Fsp3) is 0.364. The quantitative estimate of drug-likeness (QED) is 0.859. The van der Waals surface area contributed by atoms with Crippen molar-refractivity contribution in [1.82, 2.24) is 0 Å². The molecule has 0 saturated carbocycles. The lowest BCUT2D eigenvalue weighted by molar-refractivity contribution is 0.0697. The molecule has 1 unspecified atom stereocenters. The molecule has 0 aliphatic carbocycles. The normalized spacial score (nSPS) is 13.1. The maximum absolute atomic E-state index is 11.2. The third-order valence-electron chi connectivity index (χ3n) is 2.18. The third kappa shape index (κ3) is 4.30. The first-order valence-electron chi connectivity index (χ1n) is 5.17. The monoisotopic (exact) mass is 335 g/mol. The van der Waals surface area contributed by atoms with Crippen LogP contribution in [0.25, 0.3) is 0 Å². The second-order valence-corrected chi connectivity index (χ2v) is 7.14. The van der Waals surface area contributed by atoms with Gasteiger partial charge in [-0.15, -0.1) is 0 Å². The molecule has 0 radical (unpaired) electrons. The van der Waals surface area contributed by atoms with Gasteiger partial charge in [0.15, 0.2) is 0 Å². The van der Waals surface area contributed by atoms with Crippen LogP contribution in [0.5, 0.6) is 0 Å². The number of halogens is 1. The molecule has 0 spiro atoms. The smallest absolute Gasteiger partial charge is 0.338 e. The zero-order chi connectivity index (χ0) is 13.9. The minimum atomic E-state index is -3.11. The van der Waals surface area contributed by atoms with Crippen LogP contribution in [0.4, 0.5) is 5.69 Å². The lowest BCUT2D eigenvalue weighted by Gasteiger charge is -2.16. The largest absolute Gasteiger partial charge is 0.478 e. The summed E-state index contributed by atoms with van der Waals surface area (Å²) in [5.74, 6) is -1.13. The van der Waals surface area contributed by atoms with E-state index in [0.717, 1.165) is 6.26 Å². The molecule has 0 heterocycles. The van der Waals surface area contributed by atoms with Gasteiger partial charge >= 0.3 is 5.97 Å². The molecule has 0 aliphatic heterocycles. The van der Waals surface area contributed by atoms with E-state index < -0.39 is 15.8 Å². The van der Waals surface area contributed by atoms with Crippen molar-refractivity contribution in [2.24, 2.45) is 0 Å². The molecule has 18 heavy (non-hydrogen) atoms. The van der Waals surface area contributed by atoms with Crippen LogP contribution in [0.1, 0.15) is 17.3 Å². The van der Waals surface area contributed by atoms with E-state index in [4.69, 9.17) is 5.11 Å². The highest BCUT2D eigenvalue weighted by atomic mass is 79.9. The second kappa shape index (κ2) is 5.71. The van der Waals surface area contributed by atoms with Crippen molar-refractivity contribution in [3.05, 3.63) is 28.2 Å². The lowest BCUT2D eigenvalue weighted by Crippen LogP contribution is -2.26. The average Bonchev–Trinajstić information content (AvgIpc) is 2.13. The van der Waals surface area contributed by atoms with Crippen molar-refractivity contribution in [2.75, 3.05) is 17.3 Å². The number of carboxylic acids is 1. The van der Waals surface area contributed by atoms with E-state index in [1.165, 1.54) is 0 Å². The minimum absolute atomic E-state index is 0.0570. The Morgan fingerprint density at radius 2 is 2.11 bits per heavy atom. The molecule has 100 valence electrons. The number of carbonyl (C=O) groups is 1. The summed E-state index contributed by atoms with van der Waals surface area (Å²) < 4.78 is 22.8. The van der Waals surface area contributed by atoms with Crippen molar-refractivity contribution in [2.45, 2.75) is 13.0 Å². The Morgan fingerprint density at radius 1 is 1.50 bits per heavy atom. The van der Waals surface area contributed by atoms with Gasteiger partial charge in [-0.3, -0.25) is 0 Å². The van der Waals surface area contributed by atoms with Crippen molar-refractivity contribution >= 4 is 37.4 Å². The number of sulfone groups is 1. The number of hydrogen-bond acceptors (Lipinski definition) is 4. The summed E-state index contributed by atoms with van der Waals surface area (Å²) in [7, 11) is -3.11. The topological polar surface area (TPSA) is 83.5 Å². The van der Waals surface area contributed by atoms with Crippen LogP contribution >= 0.6 is 15.9 Å². The van der Waals surface area contributed by atoms with Gasteiger partial charge in [-0.1, -0.05) is 6.07 Å². The van der Waals surface area contributed by atoms with E-state index in [9.17, 15) is 13.2 Å². The Morgan fingerprint density at radius 3 is 2.61 bits per heavy atom. The third-order valence-corrected chi connectivity index (χ3v) is 3.95. The summed E-state index contributed by atoms with van der Waals surface area (Å²) in [6.07, 6.45) is 1.14. The highest BCUT2D eigenvalue weighted by molar-refractivity contribution is 9.10. The van der Waals surface area contributed by atoms with Crippen LogP contribution in [0.3, 0.4) is 0 Å². The van der Waals surface area contributed by atoms with Crippen LogP contribution in [0.15, 0.2) is 22.7 Å². The lowest BCUT2D eigenvalue weighted by atomic mass is 10.1. The first kappa shape index (κ1) is 15.0. The van der Waals surface area contributed by atoms with Gasteiger partial charge in [-0.05, 0) is 35.0 Å². The van der Waals surface area contributed by atoms with E-state index >= 15 is 0 Å². The summed E-state index contributed by atoms with van der Waals surface area (Å²) in [6, 6.07) is 4.54. The molecular weight excluding hydrogens is 322 g/mol. The van der Waals surface area contributed by atoms with Gasteiger partial charge in [-0.25, -0.2) is 13.2 Å². The van der Waals surface area contributed by atoms with Gasteiger partial charge < -0.3 is 10.4 Å². The fourth-order valence-corrected chi connectivity index (χ4v) is 3.15. The van der Waals surface area contributed by atoms with Gasteiger partial charge in [0.05, 0.1) is 17.0 Å². The van der Waals surface area contributed by atoms with E-state index in [0.29, 0.717) is 10.2 Å². The van der Waals surface area contributed by atoms with Gasteiger partial charge in [0.1, 0.15) is 9.84 Å². The maximum Gasteiger partial charge on any atom is 0.338 e. The number of hydrogen-bond donors (Lipinski definition) is 2. The number of aromatic carboxylic acids is 1. The first-order chi connectivity index (χ1) is 8.20. The standard InChI is InChI=1S/C11H14BrNO4S/c1-7(6-18(2,16)17)13-9-5-3-4-8(12)10(9)11(14)15/h3-5,7,13H,6H2,1-2H3,(H,14,15). The summed E-state index contributed by atoms with van der Waals surface area (Å²) in [4.78, 5) is 11.1. The highest BCUT2D eigenvalue weighted by Crippen LogP contribution is 2.25. The molecule has 0 aromatic heterocycles. The van der Waals surface area contributed by atoms with Crippen LogP contribution in [0, 0.1) is 0 Å². The molecule has 7 heteroatoms. The minimum Gasteiger partial charge on any atom is -0.478 e. The van der Waals surface area contributed by atoms with E-state index in [1.807, 2.05) is 0 Å². The molecule has 0 aliphatic rings. The second-order valence-electron chi connectivity index (χ2n) is 4.11. The molecule has 1 aromatic rings. The number of nitrogens with one attached hydrogen (secondary N) is 1. The Kier molecular flexibility index (Phi) is 4.75. The van der Waals surface area contributed by atoms with Crippen LogP contribution in [0.2, 0.25) is 0 Å². The molecule has 0 fully saturated rings. The Bertz CT molecular complexity index is 556. The number of benzene rings is 1. The Labute approximate surface area is 114 Å². The number of rotatable bonds is 5. The molecule has 0 saturated heterocycles. The highest BCUT2D eigenvalue weighted by Gasteiger charge is 2.17. The van der Waals surface area contributed by atoms with Gasteiger partial charge in [0.2, 0.25) is 0 Å². The van der Waals surface area contributed by atoms with Crippen LogP contribution in [-0.4, -0.2) is 37.5 Å². The molecule has 0 bridgehead atoms.